The van der Waals surface area contributed by atoms with Crippen LogP contribution >= 0.6 is 11.6 Å². The number of rotatable bonds is 7. The van der Waals surface area contributed by atoms with Crippen molar-refractivity contribution < 1.29 is 4.74 Å². The second-order valence-corrected chi connectivity index (χ2v) is 4.61. The summed E-state index contributed by atoms with van der Waals surface area (Å²) in [5, 5.41) is 0.667. The maximum Gasteiger partial charge on any atom is 0.137 e. The predicted octanol–water partition coefficient (Wildman–Crippen LogP) is 2.52. The Morgan fingerprint density at radius 2 is 2.12 bits per heavy atom. The van der Waals surface area contributed by atoms with Crippen molar-refractivity contribution in [3.63, 3.8) is 0 Å². The Bertz CT molecular complexity index is 344. The van der Waals surface area contributed by atoms with Crippen molar-refractivity contribution in [2.75, 3.05) is 27.2 Å². The fourth-order valence-electron chi connectivity index (χ4n) is 1.73. The zero-order valence-electron chi connectivity index (χ0n) is 10.6. The Hall–Kier alpha value is -0.770. The Labute approximate surface area is 109 Å². The fraction of sp³-hybridized carbons (Fsp3) is 0.538. The molecule has 96 valence electrons. The number of benzene rings is 1. The lowest BCUT2D eigenvalue weighted by Crippen LogP contribution is -2.19. The SMILES string of the molecule is COc1ccc(CN(C)CCCCN)cc1Cl. The topological polar surface area (TPSA) is 38.5 Å². The van der Waals surface area contributed by atoms with Crippen molar-refractivity contribution in [2.45, 2.75) is 19.4 Å². The minimum Gasteiger partial charge on any atom is -0.495 e. The van der Waals surface area contributed by atoms with E-state index in [1.165, 1.54) is 5.56 Å². The lowest BCUT2D eigenvalue weighted by molar-refractivity contribution is 0.319. The number of methoxy groups -OCH3 is 1. The number of halogens is 1. The third-order valence-corrected chi connectivity index (χ3v) is 2.96. The van der Waals surface area contributed by atoms with Gasteiger partial charge in [-0.15, -0.1) is 0 Å². The third kappa shape index (κ3) is 4.94. The molecule has 0 aliphatic heterocycles. The van der Waals surface area contributed by atoms with E-state index in [-0.39, 0.29) is 0 Å². The normalized spacial score (nSPS) is 10.9. The summed E-state index contributed by atoms with van der Waals surface area (Å²) in [7, 11) is 3.73. The highest BCUT2D eigenvalue weighted by molar-refractivity contribution is 6.32. The average Bonchev–Trinajstić information content (AvgIpc) is 2.29. The van der Waals surface area contributed by atoms with Crippen LogP contribution in [0, 0.1) is 0 Å². The molecule has 0 bridgehead atoms. The van der Waals surface area contributed by atoms with Crippen LogP contribution in [0.5, 0.6) is 5.75 Å². The fourth-order valence-corrected chi connectivity index (χ4v) is 2.01. The molecule has 0 amide bonds. The molecule has 0 saturated heterocycles. The maximum atomic E-state index is 6.08. The highest BCUT2D eigenvalue weighted by Gasteiger charge is 2.04. The largest absolute Gasteiger partial charge is 0.495 e. The molecule has 4 heteroatoms. The highest BCUT2D eigenvalue weighted by Crippen LogP contribution is 2.25. The van der Waals surface area contributed by atoms with Crippen LogP contribution in [0.4, 0.5) is 0 Å². The number of unbranched alkanes of at least 4 members (excludes halogenated alkanes) is 1. The zero-order chi connectivity index (χ0) is 12.7. The van der Waals surface area contributed by atoms with E-state index in [2.05, 4.69) is 11.9 Å². The summed E-state index contributed by atoms with van der Waals surface area (Å²) in [6.45, 7) is 2.72. The van der Waals surface area contributed by atoms with Crippen molar-refractivity contribution in [2.24, 2.45) is 5.73 Å². The molecule has 0 atom stereocenters. The van der Waals surface area contributed by atoms with Gasteiger partial charge in [-0.1, -0.05) is 17.7 Å². The van der Waals surface area contributed by atoms with Gasteiger partial charge in [-0.2, -0.15) is 0 Å². The first-order valence-electron chi connectivity index (χ1n) is 5.88. The maximum absolute atomic E-state index is 6.08. The predicted molar refractivity (Wildman–Crippen MR) is 72.6 cm³/mol. The van der Waals surface area contributed by atoms with Crippen molar-refractivity contribution in [3.05, 3.63) is 28.8 Å². The first kappa shape index (κ1) is 14.3. The van der Waals surface area contributed by atoms with E-state index in [1.54, 1.807) is 7.11 Å². The summed E-state index contributed by atoms with van der Waals surface area (Å²) >= 11 is 6.08. The van der Waals surface area contributed by atoms with Crippen LogP contribution in [0.2, 0.25) is 5.02 Å². The molecule has 0 spiro atoms. The molecule has 0 aliphatic carbocycles. The second kappa shape index (κ2) is 7.54. The van der Waals surface area contributed by atoms with Crippen LogP contribution in [-0.2, 0) is 6.54 Å². The van der Waals surface area contributed by atoms with Crippen LogP contribution in [0.1, 0.15) is 18.4 Å². The van der Waals surface area contributed by atoms with E-state index in [1.807, 2.05) is 18.2 Å². The van der Waals surface area contributed by atoms with Crippen LogP contribution < -0.4 is 10.5 Å². The van der Waals surface area contributed by atoms with Crippen LogP contribution in [0.15, 0.2) is 18.2 Å². The van der Waals surface area contributed by atoms with Gasteiger partial charge in [0.2, 0.25) is 0 Å². The summed E-state index contributed by atoms with van der Waals surface area (Å²) < 4.78 is 5.12. The molecular weight excluding hydrogens is 236 g/mol. The lowest BCUT2D eigenvalue weighted by Gasteiger charge is -2.17. The van der Waals surface area contributed by atoms with Crippen LogP contribution in [0.25, 0.3) is 0 Å². The summed E-state index contributed by atoms with van der Waals surface area (Å²) in [4.78, 5) is 2.27. The minimum atomic E-state index is 0.667. The van der Waals surface area contributed by atoms with E-state index < -0.39 is 0 Å². The Morgan fingerprint density at radius 1 is 1.35 bits per heavy atom. The molecule has 1 aromatic rings. The standard InChI is InChI=1S/C13H21ClN2O/c1-16(8-4-3-7-15)10-11-5-6-13(17-2)12(14)9-11/h5-6,9H,3-4,7-8,10,15H2,1-2H3. The van der Waals surface area contributed by atoms with Gasteiger partial charge in [-0.3, -0.25) is 0 Å². The van der Waals surface area contributed by atoms with Gasteiger partial charge in [0.15, 0.2) is 0 Å². The molecule has 1 rings (SSSR count). The molecular formula is C13H21ClN2O. The van der Waals surface area contributed by atoms with Crippen LogP contribution in [0.3, 0.4) is 0 Å². The van der Waals surface area contributed by atoms with E-state index in [0.29, 0.717) is 5.02 Å². The van der Waals surface area contributed by atoms with Gasteiger partial charge in [0.1, 0.15) is 5.75 Å². The molecule has 17 heavy (non-hydrogen) atoms. The Balaban J connectivity index is 2.48. The minimum absolute atomic E-state index is 0.667. The van der Waals surface area contributed by atoms with Gasteiger partial charge in [0, 0.05) is 6.54 Å². The monoisotopic (exact) mass is 256 g/mol. The van der Waals surface area contributed by atoms with E-state index in [9.17, 15) is 0 Å². The molecule has 0 aromatic heterocycles. The summed E-state index contributed by atoms with van der Waals surface area (Å²) in [5.41, 5.74) is 6.67. The van der Waals surface area contributed by atoms with Gasteiger partial charge in [0.25, 0.3) is 0 Å². The lowest BCUT2D eigenvalue weighted by atomic mass is 10.2. The first-order valence-corrected chi connectivity index (χ1v) is 6.26. The van der Waals surface area contributed by atoms with Crippen LogP contribution in [-0.4, -0.2) is 32.1 Å². The van der Waals surface area contributed by atoms with Crippen molar-refractivity contribution in [3.8, 4) is 5.75 Å². The number of nitrogens with zero attached hydrogens (tertiary/aromatic N) is 1. The summed E-state index contributed by atoms with van der Waals surface area (Å²) in [5.74, 6) is 0.723. The smallest absolute Gasteiger partial charge is 0.137 e. The molecule has 0 saturated carbocycles. The summed E-state index contributed by atoms with van der Waals surface area (Å²) in [6.07, 6.45) is 2.21. The molecule has 0 aliphatic rings. The molecule has 3 nitrogen and oxygen atoms in total. The third-order valence-electron chi connectivity index (χ3n) is 2.66. The highest BCUT2D eigenvalue weighted by atomic mass is 35.5. The van der Waals surface area contributed by atoms with Gasteiger partial charge in [-0.05, 0) is 50.7 Å². The van der Waals surface area contributed by atoms with E-state index in [0.717, 1.165) is 38.2 Å². The van der Waals surface area contributed by atoms with Gasteiger partial charge >= 0.3 is 0 Å². The number of hydrogen-bond donors (Lipinski definition) is 1. The zero-order valence-corrected chi connectivity index (χ0v) is 11.3. The van der Waals surface area contributed by atoms with Gasteiger partial charge < -0.3 is 15.4 Å². The molecule has 1 aromatic carbocycles. The van der Waals surface area contributed by atoms with Gasteiger partial charge in [0.05, 0.1) is 12.1 Å². The molecule has 0 radical (unpaired) electrons. The number of ether oxygens (including phenoxy) is 1. The Kier molecular flexibility index (Phi) is 6.34. The molecule has 0 heterocycles. The quantitative estimate of drug-likeness (QED) is 0.762. The molecule has 2 N–H and O–H groups in total. The van der Waals surface area contributed by atoms with Crippen molar-refractivity contribution >= 4 is 11.6 Å². The first-order chi connectivity index (χ1) is 8.17. The molecule has 0 unspecified atom stereocenters. The number of nitrogens with two attached hydrogens (primary N) is 1. The van der Waals surface area contributed by atoms with E-state index in [4.69, 9.17) is 22.1 Å². The second-order valence-electron chi connectivity index (χ2n) is 4.20. The number of hydrogen-bond acceptors (Lipinski definition) is 3. The van der Waals surface area contributed by atoms with Crippen molar-refractivity contribution in [1.82, 2.24) is 4.90 Å². The van der Waals surface area contributed by atoms with Gasteiger partial charge in [-0.25, -0.2) is 0 Å². The summed E-state index contributed by atoms with van der Waals surface area (Å²) in [6, 6.07) is 5.91. The average molecular weight is 257 g/mol. The molecule has 0 fully saturated rings. The van der Waals surface area contributed by atoms with E-state index >= 15 is 0 Å². The Morgan fingerprint density at radius 3 is 2.71 bits per heavy atom. The van der Waals surface area contributed by atoms with Crippen molar-refractivity contribution in [1.29, 1.82) is 0 Å².